The first-order valence-corrected chi connectivity index (χ1v) is 7.16. The Morgan fingerprint density at radius 3 is 2.95 bits per heavy atom. The van der Waals surface area contributed by atoms with E-state index in [1.165, 1.54) is 0 Å². The normalized spacial score (nSPS) is 19.0. The first-order valence-electron chi connectivity index (χ1n) is 7.16. The molecule has 1 saturated heterocycles. The van der Waals surface area contributed by atoms with Gasteiger partial charge in [0.15, 0.2) is 0 Å². The van der Waals surface area contributed by atoms with E-state index in [0.29, 0.717) is 5.56 Å². The summed E-state index contributed by atoms with van der Waals surface area (Å²) in [5.74, 6) is 0.493. The Morgan fingerprint density at radius 2 is 2.24 bits per heavy atom. The lowest BCUT2D eigenvalue weighted by Crippen LogP contribution is -2.22. The molecule has 21 heavy (non-hydrogen) atoms. The van der Waals surface area contributed by atoms with Gasteiger partial charge in [-0.3, -0.25) is 4.90 Å². The maximum atomic E-state index is 11.3. The number of carboxylic acid groups (broad SMARTS) is 1. The molecule has 1 aliphatic rings. The average molecular weight is 285 g/mol. The van der Waals surface area contributed by atoms with Gasteiger partial charge in [0.25, 0.3) is 0 Å². The Morgan fingerprint density at radius 1 is 1.43 bits per heavy atom. The summed E-state index contributed by atoms with van der Waals surface area (Å²) in [4.78, 5) is 18.0. The first-order chi connectivity index (χ1) is 10.1. The van der Waals surface area contributed by atoms with Crippen LogP contribution in [0.5, 0.6) is 0 Å². The van der Waals surface area contributed by atoms with E-state index in [0.717, 1.165) is 37.4 Å². The number of aromatic nitrogens is 2. The lowest BCUT2D eigenvalue weighted by Gasteiger charge is -2.17. The fourth-order valence-electron chi connectivity index (χ4n) is 3.03. The highest BCUT2D eigenvalue weighted by atomic mass is 16.4. The van der Waals surface area contributed by atoms with Crippen molar-refractivity contribution in [3.05, 3.63) is 53.6 Å². The molecule has 0 radical (unpaired) electrons. The Labute approximate surface area is 123 Å². The lowest BCUT2D eigenvalue weighted by atomic mass is 9.93. The molecule has 0 aliphatic carbocycles. The van der Waals surface area contributed by atoms with Gasteiger partial charge in [-0.1, -0.05) is 18.2 Å². The third kappa shape index (κ3) is 2.83. The molecule has 2 heterocycles. The van der Waals surface area contributed by atoms with Crippen molar-refractivity contribution in [2.45, 2.75) is 18.9 Å². The number of nitrogens with zero attached hydrogens (tertiary/aromatic N) is 3. The van der Waals surface area contributed by atoms with Crippen LogP contribution in [0.2, 0.25) is 0 Å². The molecule has 1 aromatic heterocycles. The molecule has 5 heteroatoms. The summed E-state index contributed by atoms with van der Waals surface area (Å²) in [6, 6.07) is 7.34. The topological polar surface area (TPSA) is 58.4 Å². The van der Waals surface area contributed by atoms with Crippen molar-refractivity contribution < 1.29 is 9.90 Å². The monoisotopic (exact) mass is 285 g/mol. The van der Waals surface area contributed by atoms with Gasteiger partial charge in [-0.15, -0.1) is 0 Å². The van der Waals surface area contributed by atoms with E-state index >= 15 is 0 Å². The van der Waals surface area contributed by atoms with Gasteiger partial charge in [0, 0.05) is 26.0 Å². The van der Waals surface area contributed by atoms with Crippen LogP contribution in [0.1, 0.15) is 34.1 Å². The largest absolute Gasteiger partial charge is 0.478 e. The predicted molar refractivity (Wildman–Crippen MR) is 79.2 cm³/mol. The summed E-state index contributed by atoms with van der Waals surface area (Å²) in [7, 11) is 2.00. The molecule has 0 unspecified atom stereocenters. The summed E-state index contributed by atoms with van der Waals surface area (Å²) < 4.78 is 2.03. The zero-order valence-electron chi connectivity index (χ0n) is 12.1. The van der Waals surface area contributed by atoms with Crippen LogP contribution in [0.25, 0.3) is 0 Å². The van der Waals surface area contributed by atoms with Crippen molar-refractivity contribution in [1.82, 2.24) is 14.5 Å². The smallest absolute Gasteiger partial charge is 0.335 e. The molecular weight excluding hydrogens is 266 g/mol. The molecule has 0 bridgehead atoms. The summed E-state index contributed by atoms with van der Waals surface area (Å²) in [5.41, 5.74) is 1.38. The van der Waals surface area contributed by atoms with Gasteiger partial charge in [-0.05, 0) is 30.5 Å². The van der Waals surface area contributed by atoms with Crippen LogP contribution in [0.15, 0.2) is 36.7 Å². The summed E-state index contributed by atoms with van der Waals surface area (Å²) in [6.45, 7) is 2.68. The number of benzene rings is 1. The molecule has 1 atom stereocenters. The number of aryl methyl sites for hydroxylation is 1. The van der Waals surface area contributed by atoms with E-state index < -0.39 is 5.97 Å². The molecule has 2 aromatic rings. The van der Waals surface area contributed by atoms with E-state index in [2.05, 4.69) is 9.88 Å². The summed E-state index contributed by atoms with van der Waals surface area (Å²) >= 11 is 0. The number of rotatable bonds is 4. The molecule has 110 valence electrons. The maximum Gasteiger partial charge on any atom is 0.335 e. The van der Waals surface area contributed by atoms with E-state index in [1.807, 2.05) is 36.1 Å². The second-order valence-electron chi connectivity index (χ2n) is 5.57. The number of hydrogen-bond donors (Lipinski definition) is 1. The highest BCUT2D eigenvalue weighted by molar-refractivity contribution is 5.89. The van der Waals surface area contributed by atoms with E-state index in [9.17, 15) is 9.90 Å². The molecule has 1 N–H and O–H groups in total. The number of aromatic carboxylic acids is 1. The highest BCUT2D eigenvalue weighted by Crippen LogP contribution is 2.30. The van der Waals surface area contributed by atoms with Crippen molar-refractivity contribution >= 4 is 5.97 Å². The van der Waals surface area contributed by atoms with E-state index in [-0.39, 0.29) is 5.92 Å². The highest BCUT2D eigenvalue weighted by Gasteiger charge is 2.27. The quantitative estimate of drug-likeness (QED) is 0.934. The zero-order chi connectivity index (χ0) is 14.8. The van der Waals surface area contributed by atoms with Crippen molar-refractivity contribution in [1.29, 1.82) is 0 Å². The van der Waals surface area contributed by atoms with Crippen LogP contribution in [0.4, 0.5) is 0 Å². The number of likely N-dealkylation sites (tertiary alicyclic amines) is 1. The fraction of sp³-hybridized carbons (Fsp3) is 0.375. The zero-order valence-corrected chi connectivity index (χ0v) is 12.1. The average Bonchev–Trinajstić information content (AvgIpc) is 3.09. The van der Waals surface area contributed by atoms with Crippen LogP contribution in [0, 0.1) is 0 Å². The minimum absolute atomic E-state index is 0.289. The molecule has 3 rings (SSSR count). The minimum atomic E-state index is -0.840. The van der Waals surface area contributed by atoms with Crippen molar-refractivity contribution in [3.63, 3.8) is 0 Å². The minimum Gasteiger partial charge on any atom is -0.478 e. The molecule has 1 aliphatic heterocycles. The molecule has 1 aromatic carbocycles. The van der Waals surface area contributed by atoms with Crippen LogP contribution < -0.4 is 0 Å². The first kappa shape index (κ1) is 13.8. The third-order valence-electron chi connectivity index (χ3n) is 4.19. The number of carbonyl (C=O) groups is 1. The molecule has 5 nitrogen and oxygen atoms in total. The standard InChI is InChI=1S/C16H19N3O2/c1-18-9-7-17-15(18)11-19-8-6-12(10-19)13-4-2-3-5-14(13)16(20)21/h2-5,7,9,12H,6,8,10-11H2,1H3,(H,20,21)/t12-/m1/s1. The van der Waals surface area contributed by atoms with Crippen LogP contribution in [-0.4, -0.2) is 38.6 Å². The third-order valence-corrected chi connectivity index (χ3v) is 4.19. The Kier molecular flexibility index (Phi) is 3.75. The van der Waals surface area contributed by atoms with Gasteiger partial charge >= 0.3 is 5.97 Å². The van der Waals surface area contributed by atoms with E-state index in [4.69, 9.17) is 0 Å². The molecule has 0 saturated carbocycles. The van der Waals surface area contributed by atoms with Gasteiger partial charge < -0.3 is 9.67 Å². The van der Waals surface area contributed by atoms with Gasteiger partial charge in [-0.25, -0.2) is 9.78 Å². The maximum absolute atomic E-state index is 11.3. The Balaban J connectivity index is 1.73. The lowest BCUT2D eigenvalue weighted by molar-refractivity contribution is 0.0695. The van der Waals surface area contributed by atoms with Crippen LogP contribution in [-0.2, 0) is 13.6 Å². The number of hydrogen-bond acceptors (Lipinski definition) is 3. The number of imidazole rings is 1. The summed E-state index contributed by atoms with van der Waals surface area (Å²) in [6.07, 6.45) is 4.75. The Bertz CT molecular complexity index is 650. The second kappa shape index (κ2) is 5.69. The Hall–Kier alpha value is -2.14. The molecule has 0 spiro atoms. The fourth-order valence-corrected chi connectivity index (χ4v) is 3.03. The molecule has 1 fully saturated rings. The van der Waals surface area contributed by atoms with Gasteiger partial charge in [0.05, 0.1) is 12.1 Å². The van der Waals surface area contributed by atoms with Crippen molar-refractivity contribution in [2.75, 3.05) is 13.1 Å². The van der Waals surface area contributed by atoms with Crippen LogP contribution >= 0.6 is 0 Å². The molecule has 0 amide bonds. The van der Waals surface area contributed by atoms with Crippen LogP contribution in [0.3, 0.4) is 0 Å². The van der Waals surface area contributed by atoms with Crippen molar-refractivity contribution in [3.8, 4) is 0 Å². The van der Waals surface area contributed by atoms with Gasteiger partial charge in [-0.2, -0.15) is 0 Å². The van der Waals surface area contributed by atoms with E-state index in [1.54, 1.807) is 12.1 Å². The summed E-state index contributed by atoms with van der Waals surface area (Å²) in [5, 5.41) is 9.31. The van der Waals surface area contributed by atoms with Crippen molar-refractivity contribution in [2.24, 2.45) is 7.05 Å². The van der Waals surface area contributed by atoms with Gasteiger partial charge in [0.2, 0.25) is 0 Å². The molecular formula is C16H19N3O2. The second-order valence-corrected chi connectivity index (χ2v) is 5.57. The SMILES string of the molecule is Cn1ccnc1CN1CC[C@@H](c2ccccc2C(=O)O)C1. The van der Waals surface area contributed by atoms with Gasteiger partial charge in [0.1, 0.15) is 5.82 Å². The number of carboxylic acids is 1. The predicted octanol–water partition coefficient (Wildman–Crippen LogP) is 2.11.